The first-order chi connectivity index (χ1) is 7.24. The molecule has 0 saturated heterocycles. The second-order valence-electron chi connectivity index (χ2n) is 3.16. The van der Waals surface area contributed by atoms with Crippen LogP contribution in [-0.4, -0.2) is 9.78 Å². The van der Waals surface area contributed by atoms with Gasteiger partial charge < -0.3 is 0 Å². The molecule has 1 aromatic carbocycles. The maximum Gasteiger partial charge on any atom is 0.471 e. The third-order valence-corrected chi connectivity index (χ3v) is 2.15. The molecular formula is C10H9N4O+. The minimum absolute atomic E-state index is 0.0406. The van der Waals surface area contributed by atoms with E-state index in [1.165, 1.54) is 4.68 Å². The number of rotatable bonds is 1. The van der Waals surface area contributed by atoms with Crippen LogP contribution >= 0.6 is 0 Å². The van der Waals surface area contributed by atoms with E-state index in [1.54, 1.807) is 19.1 Å². The Bertz CT molecular complexity index is 574. The van der Waals surface area contributed by atoms with E-state index in [9.17, 15) is 4.79 Å². The van der Waals surface area contributed by atoms with E-state index in [0.717, 1.165) is 0 Å². The van der Waals surface area contributed by atoms with E-state index < -0.39 is 0 Å². The fraction of sp³-hybridized carbons (Fsp3) is 0.100. The molecule has 2 aromatic rings. The average molecular weight is 201 g/mol. The third kappa shape index (κ3) is 1.42. The van der Waals surface area contributed by atoms with Gasteiger partial charge in [-0.2, -0.15) is 0 Å². The van der Waals surface area contributed by atoms with Crippen molar-refractivity contribution in [3.8, 4) is 5.69 Å². The Kier molecular flexibility index (Phi) is 2.10. The van der Waals surface area contributed by atoms with E-state index >= 15 is 0 Å². The molecule has 1 heterocycles. The van der Waals surface area contributed by atoms with Gasteiger partial charge in [0.1, 0.15) is 5.69 Å². The molecular weight excluding hydrogens is 192 g/mol. The highest BCUT2D eigenvalue weighted by molar-refractivity contribution is 5.48. The van der Waals surface area contributed by atoms with Crippen LogP contribution in [0.4, 0.5) is 5.69 Å². The van der Waals surface area contributed by atoms with Crippen LogP contribution in [-0.2, 0) is 0 Å². The van der Waals surface area contributed by atoms with Crippen LogP contribution in [0.3, 0.4) is 0 Å². The number of hydrogen-bond donors (Lipinski definition) is 1. The summed E-state index contributed by atoms with van der Waals surface area (Å²) in [6, 6.07) is 9.10. The lowest BCUT2D eigenvalue weighted by molar-refractivity contribution is 0.835. The van der Waals surface area contributed by atoms with Gasteiger partial charge in [0.15, 0.2) is 4.98 Å². The Hall–Kier alpha value is -2.35. The summed E-state index contributed by atoms with van der Waals surface area (Å²) in [6.07, 6.45) is 0. The molecule has 0 aliphatic carbocycles. The molecule has 74 valence electrons. The number of aromatic nitrogens is 2. The fourth-order valence-electron chi connectivity index (χ4n) is 1.41. The summed E-state index contributed by atoms with van der Waals surface area (Å²) >= 11 is 0. The normalized spacial score (nSPS) is 9.87. The summed E-state index contributed by atoms with van der Waals surface area (Å²) in [5.41, 5.74) is 0.923. The lowest BCUT2D eigenvalue weighted by Gasteiger charge is -1.98. The van der Waals surface area contributed by atoms with Gasteiger partial charge in [-0.25, -0.2) is 4.68 Å². The molecule has 0 atom stereocenters. The number of aromatic amines is 1. The highest BCUT2D eigenvalue weighted by atomic mass is 16.1. The molecule has 0 radical (unpaired) electrons. The predicted octanol–water partition coefficient (Wildman–Crippen LogP) is 1.96. The zero-order valence-corrected chi connectivity index (χ0v) is 8.14. The Morgan fingerprint density at radius 3 is 2.53 bits per heavy atom. The number of aryl methyl sites for hydroxylation is 1. The number of nitrogens with one attached hydrogen (secondary N) is 1. The number of H-pyrrole nitrogens is 1. The smallest absolute Gasteiger partial charge is 0.287 e. The van der Waals surface area contributed by atoms with Gasteiger partial charge in [0, 0.05) is 0 Å². The third-order valence-electron chi connectivity index (χ3n) is 2.15. The van der Waals surface area contributed by atoms with Gasteiger partial charge in [-0.3, -0.25) is 9.89 Å². The SMILES string of the molecule is Cc1[nH]n(-c2ccccc2)c(=O)c1[N+]#N. The standard InChI is InChI=1S/C10H8N4O/c1-7-9(12-11)10(15)14(13-7)8-5-3-2-4-6-8/h2-6H,1H3/p+1. The molecule has 0 spiro atoms. The maximum atomic E-state index is 11.7. The van der Waals surface area contributed by atoms with Crippen LogP contribution in [0.2, 0.25) is 0 Å². The van der Waals surface area contributed by atoms with Gasteiger partial charge in [-0.15, -0.1) is 0 Å². The number of nitrogens with zero attached hydrogens (tertiary/aromatic N) is 3. The van der Waals surface area contributed by atoms with Crippen molar-refractivity contribution in [2.75, 3.05) is 0 Å². The molecule has 0 unspecified atom stereocenters. The van der Waals surface area contributed by atoms with E-state index in [-0.39, 0.29) is 11.2 Å². The van der Waals surface area contributed by atoms with Crippen LogP contribution in [0.15, 0.2) is 35.1 Å². The van der Waals surface area contributed by atoms with Gasteiger partial charge >= 0.3 is 11.2 Å². The van der Waals surface area contributed by atoms with Gasteiger partial charge in [0.25, 0.3) is 0 Å². The monoisotopic (exact) mass is 201 g/mol. The molecule has 5 nitrogen and oxygen atoms in total. The van der Waals surface area contributed by atoms with Crippen molar-refractivity contribution in [3.63, 3.8) is 0 Å². The summed E-state index contributed by atoms with van der Waals surface area (Å²) in [5, 5.41) is 11.5. The topological polar surface area (TPSA) is 65.9 Å². The Morgan fingerprint density at radius 1 is 1.33 bits per heavy atom. The number of diazo groups is 1. The zero-order valence-electron chi connectivity index (χ0n) is 8.14. The van der Waals surface area contributed by atoms with Crippen molar-refractivity contribution in [1.29, 1.82) is 5.39 Å². The van der Waals surface area contributed by atoms with Gasteiger partial charge in [-0.05, 0) is 19.1 Å². The van der Waals surface area contributed by atoms with Crippen LogP contribution in [0.25, 0.3) is 10.7 Å². The van der Waals surface area contributed by atoms with E-state index in [4.69, 9.17) is 5.39 Å². The fourth-order valence-corrected chi connectivity index (χ4v) is 1.41. The molecule has 1 aromatic heterocycles. The molecule has 2 rings (SSSR count). The molecule has 5 heteroatoms. The van der Waals surface area contributed by atoms with Crippen molar-refractivity contribution in [3.05, 3.63) is 51.4 Å². The molecule has 0 amide bonds. The van der Waals surface area contributed by atoms with E-state index in [0.29, 0.717) is 11.4 Å². The second kappa shape index (κ2) is 3.42. The molecule has 1 N–H and O–H groups in total. The highest BCUT2D eigenvalue weighted by Gasteiger charge is 2.22. The van der Waals surface area contributed by atoms with Crippen molar-refractivity contribution in [2.45, 2.75) is 6.92 Å². The van der Waals surface area contributed by atoms with Crippen LogP contribution in [0, 0.1) is 12.3 Å². The van der Waals surface area contributed by atoms with Gasteiger partial charge in [-0.1, -0.05) is 18.2 Å². The first kappa shape index (κ1) is 9.21. The zero-order chi connectivity index (χ0) is 10.8. The first-order valence-electron chi connectivity index (χ1n) is 4.46. The molecule has 0 aliphatic heterocycles. The van der Waals surface area contributed by atoms with Gasteiger partial charge in [0.2, 0.25) is 5.39 Å². The summed E-state index contributed by atoms with van der Waals surface area (Å²) < 4.78 is 1.34. The number of benzene rings is 1. The van der Waals surface area contributed by atoms with Crippen LogP contribution in [0.5, 0.6) is 0 Å². The lowest BCUT2D eigenvalue weighted by atomic mass is 10.3. The summed E-state index contributed by atoms with van der Waals surface area (Å²) in [5.74, 6) is 0. The quantitative estimate of drug-likeness (QED) is 0.716. The van der Waals surface area contributed by atoms with E-state index in [2.05, 4.69) is 10.1 Å². The molecule has 15 heavy (non-hydrogen) atoms. The molecule has 0 aliphatic rings. The van der Waals surface area contributed by atoms with Crippen molar-refractivity contribution in [2.24, 2.45) is 0 Å². The summed E-state index contributed by atoms with van der Waals surface area (Å²) in [4.78, 5) is 14.7. The van der Waals surface area contributed by atoms with Crippen molar-refractivity contribution >= 4 is 5.69 Å². The van der Waals surface area contributed by atoms with Crippen molar-refractivity contribution in [1.82, 2.24) is 9.78 Å². The van der Waals surface area contributed by atoms with E-state index in [1.807, 2.05) is 18.2 Å². The summed E-state index contributed by atoms with van der Waals surface area (Å²) in [6.45, 7) is 1.68. The van der Waals surface area contributed by atoms with Crippen LogP contribution in [0.1, 0.15) is 5.69 Å². The molecule has 0 bridgehead atoms. The van der Waals surface area contributed by atoms with Crippen LogP contribution < -0.4 is 5.56 Å². The predicted molar refractivity (Wildman–Crippen MR) is 55.9 cm³/mol. The first-order valence-corrected chi connectivity index (χ1v) is 4.46. The Labute approximate surface area is 85.6 Å². The highest BCUT2D eigenvalue weighted by Crippen LogP contribution is 2.12. The number of para-hydroxylation sites is 1. The lowest BCUT2D eigenvalue weighted by Crippen LogP contribution is -2.13. The second-order valence-corrected chi connectivity index (χ2v) is 3.16. The minimum Gasteiger partial charge on any atom is -0.287 e. The Morgan fingerprint density at radius 2 is 2.00 bits per heavy atom. The minimum atomic E-state index is -0.360. The molecule has 0 saturated carbocycles. The number of hydrogen-bond acceptors (Lipinski definition) is 2. The average Bonchev–Trinajstić information content (AvgIpc) is 2.55. The molecule has 0 fully saturated rings. The Balaban J connectivity index is 2.67. The van der Waals surface area contributed by atoms with Gasteiger partial charge in [0.05, 0.1) is 5.69 Å². The van der Waals surface area contributed by atoms with Crippen molar-refractivity contribution < 1.29 is 0 Å². The largest absolute Gasteiger partial charge is 0.471 e. The maximum absolute atomic E-state index is 11.7. The summed E-state index contributed by atoms with van der Waals surface area (Å²) in [7, 11) is 0.